The number of thiazole rings is 1. The quantitative estimate of drug-likeness (QED) is 0.774. The predicted molar refractivity (Wildman–Crippen MR) is 76.2 cm³/mol. The molecule has 0 bridgehead atoms. The van der Waals surface area contributed by atoms with Crippen molar-refractivity contribution < 1.29 is 0 Å². The Morgan fingerprint density at radius 1 is 1.39 bits per heavy atom. The van der Waals surface area contributed by atoms with Gasteiger partial charge in [0, 0.05) is 11.1 Å². The maximum absolute atomic E-state index is 9.20. The van der Waals surface area contributed by atoms with E-state index in [-0.39, 0.29) is 0 Å². The van der Waals surface area contributed by atoms with Crippen LogP contribution < -0.4 is 0 Å². The van der Waals surface area contributed by atoms with Gasteiger partial charge in [-0.25, -0.2) is 4.98 Å². The van der Waals surface area contributed by atoms with Gasteiger partial charge in [0.05, 0.1) is 5.57 Å². The first-order chi connectivity index (χ1) is 8.72. The minimum absolute atomic E-state index is 0.623. The molecule has 0 atom stereocenters. The second-order valence-corrected chi connectivity index (χ2v) is 4.92. The van der Waals surface area contributed by atoms with Crippen LogP contribution in [-0.4, -0.2) is 4.98 Å². The van der Waals surface area contributed by atoms with Crippen LogP contribution in [0.5, 0.6) is 0 Å². The summed E-state index contributed by atoms with van der Waals surface area (Å²) in [5.74, 6) is 0. The molecule has 3 heteroatoms. The van der Waals surface area contributed by atoms with E-state index in [1.807, 2.05) is 30.5 Å². The molecule has 1 heterocycles. The number of rotatable bonds is 3. The molecule has 90 valence electrons. The van der Waals surface area contributed by atoms with E-state index in [0.717, 1.165) is 22.7 Å². The molecule has 0 saturated heterocycles. The predicted octanol–water partition coefficient (Wildman–Crippen LogP) is 4.08. The van der Waals surface area contributed by atoms with Crippen molar-refractivity contribution in [3.05, 3.63) is 51.5 Å². The van der Waals surface area contributed by atoms with E-state index in [1.54, 1.807) is 0 Å². The molecule has 1 aromatic heterocycles. The molecule has 0 radical (unpaired) electrons. The zero-order valence-electron chi connectivity index (χ0n) is 10.5. The van der Waals surface area contributed by atoms with Crippen LogP contribution in [0.4, 0.5) is 0 Å². The van der Waals surface area contributed by atoms with E-state index in [9.17, 15) is 5.26 Å². The van der Waals surface area contributed by atoms with E-state index in [4.69, 9.17) is 0 Å². The Balaban J connectivity index is 2.32. The lowest BCUT2D eigenvalue weighted by molar-refractivity contribution is 1.14. The first kappa shape index (κ1) is 12.5. The smallest absolute Gasteiger partial charge is 0.134 e. The molecular weight excluding hydrogens is 240 g/mol. The second kappa shape index (κ2) is 5.61. The van der Waals surface area contributed by atoms with Gasteiger partial charge in [0.15, 0.2) is 0 Å². The highest BCUT2D eigenvalue weighted by molar-refractivity contribution is 7.11. The summed E-state index contributed by atoms with van der Waals surface area (Å²) in [5, 5.41) is 11.9. The van der Waals surface area contributed by atoms with Gasteiger partial charge >= 0.3 is 0 Å². The number of aromatic nitrogens is 1. The van der Waals surface area contributed by atoms with Crippen LogP contribution in [0.3, 0.4) is 0 Å². The minimum Gasteiger partial charge on any atom is -0.241 e. The summed E-state index contributed by atoms with van der Waals surface area (Å²) >= 11 is 1.51. The monoisotopic (exact) mass is 254 g/mol. The molecule has 0 aliphatic carbocycles. The van der Waals surface area contributed by atoms with Crippen LogP contribution in [0.25, 0.3) is 11.6 Å². The summed E-state index contributed by atoms with van der Waals surface area (Å²) in [5.41, 5.74) is 3.92. The van der Waals surface area contributed by atoms with Gasteiger partial charge in [0.25, 0.3) is 0 Å². The van der Waals surface area contributed by atoms with E-state index in [0.29, 0.717) is 5.57 Å². The van der Waals surface area contributed by atoms with Crippen LogP contribution in [0.15, 0.2) is 29.6 Å². The Kier molecular flexibility index (Phi) is 3.91. The molecule has 0 spiro atoms. The molecule has 2 aromatic rings. The third-order valence-electron chi connectivity index (χ3n) is 2.67. The fourth-order valence-electron chi connectivity index (χ4n) is 1.64. The number of allylic oxidation sites excluding steroid dienone is 1. The Labute approximate surface area is 111 Å². The molecule has 0 aliphatic rings. The van der Waals surface area contributed by atoms with Gasteiger partial charge in [-0.3, -0.25) is 0 Å². The normalized spacial score (nSPS) is 11.3. The molecular formula is C15H14N2S. The SMILES string of the molecule is CCc1ccc(C=C(C#N)c2nc(C)cs2)cc1. The second-order valence-electron chi connectivity index (χ2n) is 4.06. The molecule has 18 heavy (non-hydrogen) atoms. The zero-order valence-corrected chi connectivity index (χ0v) is 11.3. The van der Waals surface area contributed by atoms with Crippen molar-refractivity contribution in [3.63, 3.8) is 0 Å². The number of nitrogens with zero attached hydrogens (tertiary/aromatic N) is 2. The van der Waals surface area contributed by atoms with Crippen LogP contribution in [0.1, 0.15) is 28.8 Å². The maximum Gasteiger partial charge on any atom is 0.134 e. The number of hydrogen-bond donors (Lipinski definition) is 0. The van der Waals surface area contributed by atoms with Gasteiger partial charge in [-0.15, -0.1) is 11.3 Å². The van der Waals surface area contributed by atoms with Crippen LogP contribution in [0.2, 0.25) is 0 Å². The summed E-state index contributed by atoms with van der Waals surface area (Å²) in [4.78, 5) is 4.34. The number of benzene rings is 1. The van der Waals surface area contributed by atoms with Gasteiger partial charge in [-0.05, 0) is 30.5 Å². The Hall–Kier alpha value is -1.92. The highest BCUT2D eigenvalue weighted by Gasteiger charge is 2.05. The number of aryl methyl sites for hydroxylation is 2. The molecule has 0 unspecified atom stereocenters. The Morgan fingerprint density at radius 3 is 2.61 bits per heavy atom. The average molecular weight is 254 g/mol. The van der Waals surface area contributed by atoms with Gasteiger partial charge in [0.2, 0.25) is 0 Å². The van der Waals surface area contributed by atoms with Crippen molar-refractivity contribution in [2.45, 2.75) is 20.3 Å². The molecule has 0 aliphatic heterocycles. The Morgan fingerprint density at radius 2 is 2.11 bits per heavy atom. The van der Waals surface area contributed by atoms with E-state index < -0.39 is 0 Å². The molecule has 0 amide bonds. The standard InChI is InChI=1S/C15H14N2S/c1-3-12-4-6-13(7-5-12)8-14(9-16)15-17-11(2)10-18-15/h4-8,10H,3H2,1-2H3. The van der Waals surface area contributed by atoms with Crippen molar-refractivity contribution in [1.82, 2.24) is 4.98 Å². The van der Waals surface area contributed by atoms with Gasteiger partial charge in [-0.2, -0.15) is 5.26 Å². The summed E-state index contributed by atoms with van der Waals surface area (Å²) in [6, 6.07) is 10.5. The first-order valence-electron chi connectivity index (χ1n) is 5.86. The van der Waals surface area contributed by atoms with Crippen LogP contribution >= 0.6 is 11.3 Å². The lowest BCUT2D eigenvalue weighted by atomic mass is 10.1. The Bertz CT molecular complexity index is 600. The van der Waals surface area contributed by atoms with Crippen molar-refractivity contribution >= 4 is 23.0 Å². The molecule has 0 N–H and O–H groups in total. The average Bonchev–Trinajstić information content (AvgIpc) is 2.83. The number of nitriles is 1. The zero-order chi connectivity index (χ0) is 13.0. The number of hydrogen-bond acceptors (Lipinski definition) is 3. The van der Waals surface area contributed by atoms with Crippen molar-refractivity contribution in [2.24, 2.45) is 0 Å². The van der Waals surface area contributed by atoms with Gasteiger partial charge in [-0.1, -0.05) is 31.2 Å². The molecule has 2 nitrogen and oxygen atoms in total. The van der Waals surface area contributed by atoms with Gasteiger partial charge in [0.1, 0.15) is 11.1 Å². The lowest BCUT2D eigenvalue weighted by Gasteiger charge is -1.98. The van der Waals surface area contributed by atoms with Crippen molar-refractivity contribution in [3.8, 4) is 6.07 Å². The summed E-state index contributed by atoms with van der Waals surface area (Å²) in [6.45, 7) is 4.06. The third-order valence-corrected chi connectivity index (χ3v) is 3.66. The van der Waals surface area contributed by atoms with Gasteiger partial charge < -0.3 is 0 Å². The van der Waals surface area contributed by atoms with E-state index in [1.165, 1.54) is 16.9 Å². The van der Waals surface area contributed by atoms with Crippen LogP contribution in [-0.2, 0) is 6.42 Å². The fraction of sp³-hybridized carbons (Fsp3) is 0.200. The molecule has 1 aromatic carbocycles. The maximum atomic E-state index is 9.20. The molecule has 0 fully saturated rings. The summed E-state index contributed by atoms with van der Waals surface area (Å²) < 4.78 is 0. The van der Waals surface area contributed by atoms with Crippen molar-refractivity contribution in [2.75, 3.05) is 0 Å². The highest BCUT2D eigenvalue weighted by Crippen LogP contribution is 2.21. The third kappa shape index (κ3) is 2.85. The summed E-state index contributed by atoms with van der Waals surface area (Å²) in [7, 11) is 0. The fourth-order valence-corrected chi connectivity index (χ4v) is 2.40. The molecule has 0 saturated carbocycles. The van der Waals surface area contributed by atoms with Crippen LogP contribution in [0, 0.1) is 18.3 Å². The van der Waals surface area contributed by atoms with E-state index >= 15 is 0 Å². The first-order valence-corrected chi connectivity index (χ1v) is 6.74. The highest BCUT2D eigenvalue weighted by atomic mass is 32.1. The lowest BCUT2D eigenvalue weighted by Crippen LogP contribution is -1.83. The molecule has 2 rings (SSSR count). The minimum atomic E-state index is 0.623. The largest absolute Gasteiger partial charge is 0.241 e. The summed E-state index contributed by atoms with van der Waals surface area (Å²) in [6.07, 6.45) is 2.92. The van der Waals surface area contributed by atoms with E-state index in [2.05, 4.69) is 30.1 Å². The topological polar surface area (TPSA) is 36.7 Å². The van der Waals surface area contributed by atoms with Crippen molar-refractivity contribution in [1.29, 1.82) is 5.26 Å².